The molecule has 290 valence electrons. The van der Waals surface area contributed by atoms with E-state index in [1.54, 1.807) is 80.6 Å². The van der Waals surface area contributed by atoms with Crippen molar-refractivity contribution in [3.63, 3.8) is 0 Å². The van der Waals surface area contributed by atoms with Gasteiger partial charge in [-0.25, -0.2) is 9.59 Å². The number of ether oxygens (including phenoxy) is 4. The van der Waals surface area contributed by atoms with Gasteiger partial charge in [-0.1, -0.05) is 103 Å². The monoisotopic (exact) mass is 780 g/mol. The summed E-state index contributed by atoms with van der Waals surface area (Å²) in [6.07, 6.45) is 3.11. The Morgan fingerprint density at radius 1 is 0.679 bits per heavy atom. The fraction of sp³-hybridized carbons (Fsp3) is 0.190. The molecule has 5 aromatic rings. The molecule has 1 heterocycles. The van der Waals surface area contributed by atoms with Crippen molar-refractivity contribution in [3.05, 3.63) is 148 Å². The second kappa shape index (κ2) is 20.7. The Balaban J connectivity index is 0.000000255. The Bertz CT molecular complexity index is 2240. The highest BCUT2D eigenvalue weighted by molar-refractivity contribution is 6.31. The molecule has 0 atom stereocenters. The Morgan fingerprint density at radius 2 is 1.18 bits per heavy atom. The Kier molecular flexibility index (Phi) is 15.5. The molecule has 0 radical (unpaired) electrons. The summed E-state index contributed by atoms with van der Waals surface area (Å²) in [5.74, 6) is -0.751. The van der Waals surface area contributed by atoms with E-state index in [2.05, 4.69) is 27.0 Å². The molecule has 56 heavy (non-hydrogen) atoms. The van der Waals surface area contributed by atoms with Crippen molar-refractivity contribution in [2.75, 3.05) is 21.3 Å². The molecule has 0 aliphatic rings. The third kappa shape index (κ3) is 10.9. The number of oxime groups is 1. The Morgan fingerprint density at radius 3 is 1.73 bits per heavy atom. The molecule has 2 N–H and O–H groups in total. The van der Waals surface area contributed by atoms with Crippen LogP contribution in [0, 0.1) is 0 Å². The molecule has 0 saturated heterocycles. The third-order valence-electron chi connectivity index (χ3n) is 8.07. The van der Waals surface area contributed by atoms with Crippen molar-refractivity contribution in [2.24, 2.45) is 5.16 Å². The molecular weight excluding hydrogens is 740 g/mol. The van der Waals surface area contributed by atoms with E-state index >= 15 is 0 Å². The standard InChI is InChI=1S/C23H23N3O5.C19H18ClNO4/c1-4-9-16-10-5-7-12-18(16)30-22-24-14-25-23(26-22)31-19-13-8-6-11-17(19)20(21(27)28)15(2)29-3;1-12(24-2)17(19(22)23)15-6-4-5-7-16(15)18(21-25-3)13-8-10-14(20)11-9-13/h5-8,10-14H,4,9H2,1-3H3,(H,27,28);4-11H,1-3H3,(H,22,23)/b20-15+;17-12+,21-18+. The van der Waals surface area contributed by atoms with Gasteiger partial charge in [-0.15, -0.1) is 4.98 Å². The number of rotatable bonds is 15. The zero-order valence-electron chi connectivity index (χ0n) is 31.6. The van der Waals surface area contributed by atoms with Crippen LogP contribution in [0.1, 0.15) is 55.0 Å². The van der Waals surface area contributed by atoms with Crippen molar-refractivity contribution in [3.8, 4) is 23.5 Å². The van der Waals surface area contributed by atoms with Crippen LogP contribution in [0.4, 0.5) is 0 Å². The minimum Gasteiger partial charge on any atom is -0.500 e. The smallest absolute Gasteiger partial charge is 0.339 e. The predicted octanol–water partition coefficient (Wildman–Crippen LogP) is 9.07. The molecule has 0 bridgehead atoms. The topological polar surface area (TPSA) is 172 Å². The molecule has 1 aromatic heterocycles. The van der Waals surface area contributed by atoms with Crippen LogP contribution in [0.15, 0.2) is 120 Å². The van der Waals surface area contributed by atoms with E-state index in [9.17, 15) is 19.8 Å². The second-order valence-electron chi connectivity index (χ2n) is 11.7. The van der Waals surface area contributed by atoms with E-state index in [0.29, 0.717) is 38.9 Å². The molecule has 5 rings (SSSR count). The van der Waals surface area contributed by atoms with Gasteiger partial charge in [0.25, 0.3) is 0 Å². The molecule has 0 saturated carbocycles. The van der Waals surface area contributed by atoms with Crippen molar-refractivity contribution < 1.29 is 43.6 Å². The van der Waals surface area contributed by atoms with Gasteiger partial charge in [0.1, 0.15) is 53.3 Å². The van der Waals surface area contributed by atoms with Crippen molar-refractivity contribution in [2.45, 2.75) is 33.6 Å². The fourth-order valence-electron chi connectivity index (χ4n) is 5.38. The van der Waals surface area contributed by atoms with Gasteiger partial charge < -0.3 is 34.0 Å². The second-order valence-corrected chi connectivity index (χ2v) is 12.1. The molecular formula is C42H41ClN4O9. The van der Waals surface area contributed by atoms with E-state index in [0.717, 1.165) is 24.0 Å². The van der Waals surface area contributed by atoms with Gasteiger partial charge in [0.05, 0.1) is 14.2 Å². The number of hydrogen-bond acceptors (Lipinski definition) is 11. The van der Waals surface area contributed by atoms with Crippen LogP contribution in [-0.4, -0.2) is 64.1 Å². The predicted molar refractivity (Wildman–Crippen MR) is 212 cm³/mol. The first-order chi connectivity index (χ1) is 27.0. The number of aliphatic carboxylic acids is 2. The maximum Gasteiger partial charge on any atom is 0.339 e. The first-order valence-corrected chi connectivity index (χ1v) is 17.6. The van der Waals surface area contributed by atoms with Crippen LogP contribution in [0.25, 0.3) is 11.1 Å². The lowest BCUT2D eigenvalue weighted by molar-refractivity contribution is -0.131. The Labute approximate surface area is 329 Å². The maximum atomic E-state index is 11.8. The van der Waals surface area contributed by atoms with E-state index < -0.39 is 11.9 Å². The number of nitrogens with zero attached hydrogens (tertiary/aromatic N) is 4. The maximum absolute atomic E-state index is 11.8. The molecule has 0 fully saturated rings. The average Bonchev–Trinajstić information content (AvgIpc) is 3.19. The summed E-state index contributed by atoms with van der Waals surface area (Å²) in [4.78, 5) is 40.9. The van der Waals surface area contributed by atoms with Crippen molar-refractivity contribution in [1.29, 1.82) is 0 Å². The van der Waals surface area contributed by atoms with Gasteiger partial charge in [-0.05, 0) is 50.1 Å². The number of halogens is 1. The number of benzene rings is 4. The van der Waals surface area contributed by atoms with E-state index in [-0.39, 0.29) is 34.7 Å². The third-order valence-corrected chi connectivity index (χ3v) is 8.33. The molecule has 14 heteroatoms. The van der Waals surface area contributed by atoms with Crippen LogP contribution in [0.2, 0.25) is 5.02 Å². The minimum absolute atomic E-state index is 0.0166. The number of allylic oxidation sites excluding steroid dienone is 2. The van der Waals surface area contributed by atoms with Gasteiger partial charge in [0, 0.05) is 27.3 Å². The molecule has 4 aromatic carbocycles. The number of aryl methyl sites for hydroxylation is 1. The quantitative estimate of drug-likeness (QED) is 0.0447. The summed E-state index contributed by atoms with van der Waals surface area (Å²) in [5.41, 5.74) is 3.78. The number of methoxy groups -OCH3 is 2. The van der Waals surface area contributed by atoms with Gasteiger partial charge in [-0.2, -0.15) is 9.97 Å². The lowest BCUT2D eigenvalue weighted by Crippen LogP contribution is -2.12. The number of carboxylic acids is 2. The summed E-state index contributed by atoms with van der Waals surface area (Å²) < 4.78 is 21.9. The van der Waals surface area contributed by atoms with Crippen molar-refractivity contribution >= 4 is 40.4 Å². The average molecular weight is 781 g/mol. The molecule has 0 amide bonds. The van der Waals surface area contributed by atoms with E-state index in [1.807, 2.05) is 30.3 Å². The lowest BCUT2D eigenvalue weighted by atomic mass is 9.92. The summed E-state index contributed by atoms with van der Waals surface area (Å²) in [6, 6.07) is 28.5. The number of carboxylic acid groups (broad SMARTS) is 2. The van der Waals surface area contributed by atoms with Crippen LogP contribution < -0.4 is 9.47 Å². The number of carbonyl (C=O) groups is 2. The lowest BCUT2D eigenvalue weighted by Gasteiger charge is -2.14. The molecule has 0 spiro atoms. The van der Waals surface area contributed by atoms with Crippen LogP contribution in [-0.2, 0) is 30.3 Å². The van der Waals surface area contributed by atoms with E-state index in [1.165, 1.54) is 27.7 Å². The summed E-state index contributed by atoms with van der Waals surface area (Å²) in [7, 11) is 4.28. The van der Waals surface area contributed by atoms with Crippen LogP contribution in [0.3, 0.4) is 0 Å². The molecule has 13 nitrogen and oxygen atoms in total. The fourth-order valence-corrected chi connectivity index (χ4v) is 5.51. The summed E-state index contributed by atoms with van der Waals surface area (Å²) in [6.45, 7) is 5.27. The highest BCUT2D eigenvalue weighted by Gasteiger charge is 2.23. The zero-order chi connectivity index (χ0) is 40.6. The van der Waals surface area contributed by atoms with Crippen molar-refractivity contribution in [1.82, 2.24) is 15.0 Å². The zero-order valence-corrected chi connectivity index (χ0v) is 32.4. The number of para-hydroxylation sites is 2. The highest BCUT2D eigenvalue weighted by atomic mass is 35.5. The summed E-state index contributed by atoms with van der Waals surface area (Å²) >= 11 is 5.95. The molecule has 0 aliphatic carbocycles. The number of aromatic nitrogens is 3. The molecule has 0 unspecified atom stereocenters. The molecule has 0 aliphatic heterocycles. The number of hydrogen-bond donors (Lipinski definition) is 2. The van der Waals surface area contributed by atoms with Crippen LogP contribution in [0.5, 0.6) is 23.5 Å². The Hall–Kier alpha value is -6.73. The normalized spacial score (nSPS) is 11.9. The van der Waals surface area contributed by atoms with Gasteiger partial charge >= 0.3 is 24.0 Å². The van der Waals surface area contributed by atoms with Gasteiger partial charge in [0.15, 0.2) is 0 Å². The summed E-state index contributed by atoms with van der Waals surface area (Å²) in [5, 5.41) is 24.0. The largest absolute Gasteiger partial charge is 0.500 e. The first-order valence-electron chi connectivity index (χ1n) is 17.2. The van der Waals surface area contributed by atoms with Crippen LogP contribution >= 0.6 is 11.6 Å². The van der Waals surface area contributed by atoms with Gasteiger partial charge in [-0.3, -0.25) is 0 Å². The highest BCUT2D eigenvalue weighted by Crippen LogP contribution is 2.32. The first kappa shape index (κ1) is 42.0. The SMILES string of the molecule is CCCc1ccccc1Oc1ncnc(Oc2ccccc2/C(C(=O)O)=C(/C)OC)n1.CO/N=C(\c1ccc(Cl)cc1)c1ccccc1/C(C(=O)O)=C(/C)OC. The van der Waals surface area contributed by atoms with Gasteiger partial charge in [0.2, 0.25) is 0 Å². The minimum atomic E-state index is -1.14. The van der Waals surface area contributed by atoms with E-state index in [4.69, 9.17) is 35.4 Å².